The van der Waals surface area contributed by atoms with Crippen molar-refractivity contribution in [3.8, 4) is 0 Å². The molecule has 96 valence electrons. The summed E-state index contributed by atoms with van der Waals surface area (Å²) in [4.78, 5) is 12.8. The number of hydrogen-bond donors (Lipinski definition) is 1. The Morgan fingerprint density at radius 1 is 1.44 bits per heavy atom. The molecule has 3 nitrogen and oxygen atoms in total. The number of rotatable bonds is 4. The van der Waals surface area contributed by atoms with Crippen molar-refractivity contribution in [3.63, 3.8) is 0 Å². The number of anilines is 1. The van der Waals surface area contributed by atoms with Crippen LogP contribution in [0.3, 0.4) is 0 Å². The molecule has 1 aromatic carbocycles. The van der Waals surface area contributed by atoms with Gasteiger partial charge in [0.2, 0.25) is 0 Å². The van der Waals surface area contributed by atoms with Crippen LogP contribution in [0.1, 0.15) is 25.3 Å². The van der Waals surface area contributed by atoms with E-state index in [1.165, 1.54) is 18.5 Å². The lowest BCUT2D eigenvalue weighted by Gasteiger charge is -2.18. The highest BCUT2D eigenvalue weighted by atomic mass is 16.4. The fraction of sp³-hybridized carbons (Fsp3) is 0.400. The van der Waals surface area contributed by atoms with Crippen molar-refractivity contribution in [2.45, 2.75) is 19.8 Å². The Bertz CT molecular complexity index is 436. The Morgan fingerprint density at radius 3 is 2.72 bits per heavy atom. The lowest BCUT2D eigenvalue weighted by Crippen LogP contribution is -2.19. The third-order valence-corrected chi connectivity index (χ3v) is 3.54. The average Bonchev–Trinajstić information content (AvgIpc) is 2.85. The molecule has 1 atom stereocenters. The molecule has 3 heteroatoms. The van der Waals surface area contributed by atoms with E-state index in [0.717, 1.165) is 30.6 Å². The number of benzene rings is 1. The largest absolute Gasteiger partial charge is 0.478 e. The standard InChI is InChI=1S/C15H19NO2/c1-2-12-9-10-16(11-12)14-6-3-13(4-7-14)5-8-15(17)18/h3-8,12H,2,9-11H2,1H3,(H,17,18)/b8-5+. The molecular weight excluding hydrogens is 226 g/mol. The van der Waals surface area contributed by atoms with E-state index in [2.05, 4.69) is 24.0 Å². The summed E-state index contributed by atoms with van der Waals surface area (Å²) in [5.41, 5.74) is 2.16. The van der Waals surface area contributed by atoms with Gasteiger partial charge in [0.1, 0.15) is 0 Å². The van der Waals surface area contributed by atoms with E-state index >= 15 is 0 Å². The van der Waals surface area contributed by atoms with Crippen LogP contribution in [0, 0.1) is 5.92 Å². The maximum atomic E-state index is 10.4. The molecule has 0 spiro atoms. The maximum Gasteiger partial charge on any atom is 0.328 e. The molecule has 1 fully saturated rings. The highest BCUT2D eigenvalue weighted by molar-refractivity contribution is 5.85. The molecule has 1 saturated heterocycles. The van der Waals surface area contributed by atoms with E-state index in [1.807, 2.05) is 12.1 Å². The van der Waals surface area contributed by atoms with Crippen molar-refractivity contribution in [1.82, 2.24) is 0 Å². The molecule has 0 saturated carbocycles. The quantitative estimate of drug-likeness (QED) is 0.829. The summed E-state index contributed by atoms with van der Waals surface area (Å²) in [5.74, 6) is -0.0963. The van der Waals surface area contributed by atoms with E-state index in [-0.39, 0.29) is 0 Å². The molecule has 0 bridgehead atoms. The van der Waals surface area contributed by atoms with E-state index in [4.69, 9.17) is 5.11 Å². The minimum atomic E-state index is -0.913. The number of hydrogen-bond acceptors (Lipinski definition) is 2. The minimum Gasteiger partial charge on any atom is -0.478 e. The van der Waals surface area contributed by atoms with Gasteiger partial charge in [-0.3, -0.25) is 0 Å². The molecule has 0 aromatic heterocycles. The van der Waals surface area contributed by atoms with Crippen molar-refractivity contribution in [2.75, 3.05) is 18.0 Å². The predicted molar refractivity (Wildman–Crippen MR) is 73.7 cm³/mol. The van der Waals surface area contributed by atoms with Gasteiger partial charge in [0.15, 0.2) is 0 Å². The van der Waals surface area contributed by atoms with Gasteiger partial charge < -0.3 is 10.0 Å². The van der Waals surface area contributed by atoms with Crippen LogP contribution >= 0.6 is 0 Å². The lowest BCUT2D eigenvalue weighted by molar-refractivity contribution is -0.131. The molecule has 1 aromatic rings. The highest BCUT2D eigenvalue weighted by Crippen LogP contribution is 2.25. The SMILES string of the molecule is CCC1CCN(c2ccc(/C=C/C(=O)O)cc2)C1. The normalized spacial score (nSPS) is 19.6. The predicted octanol–water partition coefficient (Wildman–Crippen LogP) is 3.02. The molecule has 1 N–H and O–H groups in total. The summed E-state index contributed by atoms with van der Waals surface area (Å²) >= 11 is 0. The summed E-state index contributed by atoms with van der Waals surface area (Å²) < 4.78 is 0. The van der Waals surface area contributed by atoms with Gasteiger partial charge in [0, 0.05) is 24.9 Å². The number of aliphatic carboxylic acids is 1. The van der Waals surface area contributed by atoms with E-state index in [9.17, 15) is 4.79 Å². The summed E-state index contributed by atoms with van der Waals surface area (Å²) in [6.07, 6.45) is 5.30. The van der Waals surface area contributed by atoms with Crippen molar-refractivity contribution in [1.29, 1.82) is 0 Å². The van der Waals surface area contributed by atoms with Crippen LogP contribution in [-0.2, 0) is 4.79 Å². The van der Waals surface area contributed by atoms with Crippen molar-refractivity contribution in [2.24, 2.45) is 5.92 Å². The van der Waals surface area contributed by atoms with Crippen LogP contribution in [0.15, 0.2) is 30.3 Å². The molecule has 1 aliphatic heterocycles. The van der Waals surface area contributed by atoms with Gasteiger partial charge >= 0.3 is 5.97 Å². The minimum absolute atomic E-state index is 0.816. The van der Waals surface area contributed by atoms with Gasteiger partial charge in [-0.15, -0.1) is 0 Å². The fourth-order valence-electron chi connectivity index (χ4n) is 2.36. The first-order chi connectivity index (χ1) is 8.69. The van der Waals surface area contributed by atoms with Gasteiger partial charge in [0.25, 0.3) is 0 Å². The maximum absolute atomic E-state index is 10.4. The van der Waals surface area contributed by atoms with Gasteiger partial charge in [-0.2, -0.15) is 0 Å². The van der Waals surface area contributed by atoms with E-state index in [0.29, 0.717) is 0 Å². The summed E-state index contributed by atoms with van der Waals surface area (Å²) in [6, 6.07) is 8.07. The number of carboxylic acids is 1. The van der Waals surface area contributed by atoms with Crippen LogP contribution in [0.25, 0.3) is 6.08 Å². The third kappa shape index (κ3) is 3.13. The zero-order valence-electron chi connectivity index (χ0n) is 10.7. The van der Waals surface area contributed by atoms with Crippen LogP contribution in [0.4, 0.5) is 5.69 Å². The molecule has 0 aliphatic carbocycles. The summed E-state index contributed by atoms with van der Waals surface area (Å²) in [6.45, 7) is 4.51. The van der Waals surface area contributed by atoms with E-state index in [1.54, 1.807) is 6.08 Å². The summed E-state index contributed by atoms with van der Waals surface area (Å²) in [7, 11) is 0. The second kappa shape index (κ2) is 5.71. The molecule has 0 amide bonds. The van der Waals surface area contributed by atoms with Crippen molar-refractivity contribution >= 4 is 17.7 Å². The second-order valence-corrected chi connectivity index (χ2v) is 4.77. The zero-order chi connectivity index (χ0) is 13.0. The first-order valence-corrected chi connectivity index (χ1v) is 6.45. The number of carboxylic acid groups (broad SMARTS) is 1. The van der Waals surface area contributed by atoms with Crippen molar-refractivity contribution < 1.29 is 9.90 Å². The van der Waals surface area contributed by atoms with Gasteiger partial charge in [-0.05, 0) is 36.1 Å². The van der Waals surface area contributed by atoms with Gasteiger partial charge in [-0.1, -0.05) is 25.5 Å². The Labute approximate surface area is 108 Å². The van der Waals surface area contributed by atoms with Gasteiger partial charge in [-0.25, -0.2) is 4.79 Å². The second-order valence-electron chi connectivity index (χ2n) is 4.77. The van der Waals surface area contributed by atoms with E-state index < -0.39 is 5.97 Å². The molecule has 0 radical (unpaired) electrons. The molecule has 2 rings (SSSR count). The highest BCUT2D eigenvalue weighted by Gasteiger charge is 2.20. The third-order valence-electron chi connectivity index (χ3n) is 3.54. The average molecular weight is 245 g/mol. The molecule has 1 aliphatic rings. The fourth-order valence-corrected chi connectivity index (χ4v) is 2.36. The topological polar surface area (TPSA) is 40.5 Å². The van der Waals surface area contributed by atoms with Crippen LogP contribution < -0.4 is 4.90 Å². The smallest absolute Gasteiger partial charge is 0.328 e. The van der Waals surface area contributed by atoms with Crippen LogP contribution in [0.2, 0.25) is 0 Å². The molecule has 18 heavy (non-hydrogen) atoms. The zero-order valence-corrected chi connectivity index (χ0v) is 10.7. The Morgan fingerprint density at radius 2 is 2.17 bits per heavy atom. The first-order valence-electron chi connectivity index (χ1n) is 6.45. The van der Waals surface area contributed by atoms with Gasteiger partial charge in [0.05, 0.1) is 0 Å². The van der Waals surface area contributed by atoms with Crippen molar-refractivity contribution in [3.05, 3.63) is 35.9 Å². The number of carbonyl (C=O) groups is 1. The number of nitrogens with zero attached hydrogens (tertiary/aromatic N) is 1. The first kappa shape index (κ1) is 12.7. The molecule has 1 heterocycles. The Balaban J connectivity index is 2.02. The molecular formula is C15H19NO2. The monoisotopic (exact) mass is 245 g/mol. The molecule has 1 unspecified atom stereocenters. The van der Waals surface area contributed by atoms with Crippen LogP contribution in [-0.4, -0.2) is 24.2 Å². The Hall–Kier alpha value is -1.77. The van der Waals surface area contributed by atoms with Crippen LogP contribution in [0.5, 0.6) is 0 Å². The summed E-state index contributed by atoms with van der Waals surface area (Å²) in [5, 5.41) is 8.56. The Kier molecular flexibility index (Phi) is 4.03. The lowest BCUT2D eigenvalue weighted by atomic mass is 10.1.